The minimum Gasteiger partial charge on any atom is -0.448 e. The first-order valence-electron chi connectivity index (χ1n) is 7.27. The van der Waals surface area contributed by atoms with Crippen LogP contribution in [0.5, 0.6) is 0 Å². The standard InChI is InChI=1S/C17H17N3O3/c1-11-6-8-13(9-7-11)16-19-18-15(23-16)12(2)22-17(21)14-5-4-10-20(14)3/h4-10,12H,1-3H3/t12-/m1/s1. The number of hydrogen-bond acceptors (Lipinski definition) is 5. The second-order valence-corrected chi connectivity index (χ2v) is 5.36. The van der Waals surface area contributed by atoms with Crippen molar-refractivity contribution < 1.29 is 13.9 Å². The molecule has 6 nitrogen and oxygen atoms in total. The van der Waals surface area contributed by atoms with Crippen molar-refractivity contribution >= 4 is 5.97 Å². The highest BCUT2D eigenvalue weighted by atomic mass is 16.6. The molecule has 2 heterocycles. The fourth-order valence-electron chi connectivity index (χ4n) is 2.16. The molecule has 6 heteroatoms. The number of hydrogen-bond donors (Lipinski definition) is 0. The lowest BCUT2D eigenvalue weighted by Crippen LogP contribution is -2.12. The van der Waals surface area contributed by atoms with Crippen molar-refractivity contribution in [1.82, 2.24) is 14.8 Å². The number of carbonyl (C=O) groups excluding carboxylic acids is 1. The average Bonchev–Trinajstić information content (AvgIpc) is 3.17. The maximum atomic E-state index is 12.1. The molecule has 0 fully saturated rings. The molecule has 3 aromatic rings. The van der Waals surface area contributed by atoms with E-state index in [1.165, 1.54) is 0 Å². The van der Waals surface area contributed by atoms with Crippen LogP contribution in [0, 0.1) is 6.92 Å². The van der Waals surface area contributed by atoms with Crippen molar-refractivity contribution in [3.63, 3.8) is 0 Å². The number of aromatic nitrogens is 3. The first-order chi connectivity index (χ1) is 11.0. The van der Waals surface area contributed by atoms with E-state index in [2.05, 4.69) is 10.2 Å². The lowest BCUT2D eigenvalue weighted by atomic mass is 10.1. The van der Waals surface area contributed by atoms with Gasteiger partial charge < -0.3 is 13.7 Å². The van der Waals surface area contributed by atoms with Crippen LogP contribution in [-0.2, 0) is 11.8 Å². The molecule has 0 aliphatic rings. The van der Waals surface area contributed by atoms with E-state index in [1.54, 1.807) is 36.9 Å². The van der Waals surface area contributed by atoms with Gasteiger partial charge in [-0.15, -0.1) is 10.2 Å². The lowest BCUT2D eigenvalue weighted by molar-refractivity contribution is 0.0269. The molecule has 0 saturated carbocycles. The summed E-state index contributed by atoms with van der Waals surface area (Å²) in [6, 6.07) is 11.2. The van der Waals surface area contributed by atoms with Gasteiger partial charge in [-0.05, 0) is 38.1 Å². The highest BCUT2D eigenvalue weighted by molar-refractivity contribution is 5.87. The molecule has 1 atom stereocenters. The van der Waals surface area contributed by atoms with Gasteiger partial charge in [0.25, 0.3) is 5.89 Å². The van der Waals surface area contributed by atoms with E-state index in [0.29, 0.717) is 11.6 Å². The van der Waals surface area contributed by atoms with E-state index < -0.39 is 12.1 Å². The van der Waals surface area contributed by atoms with E-state index >= 15 is 0 Å². The maximum absolute atomic E-state index is 12.1. The molecule has 2 aromatic heterocycles. The number of ether oxygens (including phenoxy) is 1. The topological polar surface area (TPSA) is 70.2 Å². The van der Waals surface area contributed by atoms with Gasteiger partial charge in [-0.1, -0.05) is 17.7 Å². The molecule has 0 radical (unpaired) electrons. The Morgan fingerprint density at radius 2 is 1.96 bits per heavy atom. The monoisotopic (exact) mass is 311 g/mol. The molecule has 0 amide bonds. The molecular formula is C17H17N3O3. The van der Waals surface area contributed by atoms with Crippen LogP contribution in [0.15, 0.2) is 47.0 Å². The van der Waals surface area contributed by atoms with E-state index in [0.717, 1.165) is 11.1 Å². The van der Waals surface area contributed by atoms with Gasteiger partial charge in [-0.3, -0.25) is 0 Å². The van der Waals surface area contributed by atoms with Gasteiger partial charge in [0, 0.05) is 18.8 Å². The van der Waals surface area contributed by atoms with Crippen LogP contribution in [-0.4, -0.2) is 20.7 Å². The summed E-state index contributed by atoms with van der Waals surface area (Å²) in [6.45, 7) is 3.71. The Balaban J connectivity index is 1.73. The number of benzene rings is 1. The maximum Gasteiger partial charge on any atom is 0.355 e. The Bertz CT molecular complexity index is 818. The molecule has 1 aromatic carbocycles. The summed E-state index contributed by atoms with van der Waals surface area (Å²) in [5.74, 6) is 0.241. The van der Waals surface area contributed by atoms with Gasteiger partial charge in [0.05, 0.1) is 0 Å². The van der Waals surface area contributed by atoms with E-state index in [4.69, 9.17) is 9.15 Å². The average molecular weight is 311 g/mol. The second-order valence-electron chi connectivity index (χ2n) is 5.36. The zero-order chi connectivity index (χ0) is 16.4. The van der Waals surface area contributed by atoms with Crippen molar-refractivity contribution in [3.05, 3.63) is 59.7 Å². The zero-order valence-electron chi connectivity index (χ0n) is 13.2. The number of nitrogens with zero attached hydrogens (tertiary/aromatic N) is 3. The van der Waals surface area contributed by atoms with Crippen LogP contribution in [0.2, 0.25) is 0 Å². The van der Waals surface area contributed by atoms with Crippen molar-refractivity contribution in [2.45, 2.75) is 20.0 Å². The summed E-state index contributed by atoms with van der Waals surface area (Å²) in [5.41, 5.74) is 2.45. The van der Waals surface area contributed by atoms with E-state index in [-0.39, 0.29) is 5.89 Å². The molecule has 0 aliphatic heterocycles. The predicted molar refractivity (Wildman–Crippen MR) is 83.7 cm³/mol. The first-order valence-corrected chi connectivity index (χ1v) is 7.27. The Kier molecular flexibility index (Phi) is 3.97. The molecule has 0 unspecified atom stereocenters. The summed E-state index contributed by atoms with van der Waals surface area (Å²) in [7, 11) is 1.78. The Morgan fingerprint density at radius 1 is 1.22 bits per heavy atom. The normalized spacial score (nSPS) is 12.1. The molecule has 0 saturated heterocycles. The van der Waals surface area contributed by atoms with Crippen molar-refractivity contribution in [3.8, 4) is 11.5 Å². The largest absolute Gasteiger partial charge is 0.448 e. The zero-order valence-corrected chi connectivity index (χ0v) is 13.2. The minimum absolute atomic E-state index is 0.267. The number of rotatable bonds is 4. The van der Waals surface area contributed by atoms with Gasteiger partial charge in [0.1, 0.15) is 5.69 Å². The van der Waals surface area contributed by atoms with Gasteiger partial charge in [0.2, 0.25) is 5.89 Å². The van der Waals surface area contributed by atoms with Crippen LogP contribution in [0.3, 0.4) is 0 Å². The SMILES string of the molecule is Cc1ccc(-c2nnc([C@@H](C)OC(=O)c3cccn3C)o2)cc1. The number of aryl methyl sites for hydroxylation is 2. The predicted octanol–water partition coefficient (Wildman–Crippen LogP) is 3.30. The summed E-state index contributed by atoms with van der Waals surface area (Å²) < 4.78 is 12.7. The Labute approximate surface area is 133 Å². The minimum atomic E-state index is -0.621. The van der Waals surface area contributed by atoms with Crippen molar-refractivity contribution in [2.75, 3.05) is 0 Å². The third-order valence-electron chi connectivity index (χ3n) is 3.52. The molecule has 0 N–H and O–H groups in total. The van der Waals surface area contributed by atoms with E-state index in [1.807, 2.05) is 31.2 Å². The van der Waals surface area contributed by atoms with Crippen LogP contribution in [0.25, 0.3) is 11.5 Å². The Hall–Kier alpha value is -2.89. The molecule has 0 aliphatic carbocycles. The third-order valence-corrected chi connectivity index (χ3v) is 3.52. The number of carbonyl (C=O) groups is 1. The smallest absolute Gasteiger partial charge is 0.355 e. The number of esters is 1. The fraction of sp³-hybridized carbons (Fsp3) is 0.235. The van der Waals surface area contributed by atoms with Crippen molar-refractivity contribution in [1.29, 1.82) is 0 Å². The quantitative estimate of drug-likeness (QED) is 0.691. The van der Waals surface area contributed by atoms with Gasteiger partial charge >= 0.3 is 5.97 Å². The first kappa shape index (κ1) is 15.0. The molecule has 0 bridgehead atoms. The van der Waals surface area contributed by atoms with E-state index in [9.17, 15) is 4.79 Å². The summed E-state index contributed by atoms with van der Waals surface area (Å²) >= 11 is 0. The lowest BCUT2D eigenvalue weighted by Gasteiger charge is -2.09. The van der Waals surface area contributed by atoms with Gasteiger partial charge in [0.15, 0.2) is 6.10 Å². The van der Waals surface area contributed by atoms with Crippen LogP contribution in [0.4, 0.5) is 0 Å². The molecule has 118 valence electrons. The summed E-state index contributed by atoms with van der Waals surface area (Å²) in [4.78, 5) is 12.1. The summed E-state index contributed by atoms with van der Waals surface area (Å²) in [5, 5.41) is 7.98. The Morgan fingerprint density at radius 3 is 2.61 bits per heavy atom. The van der Waals surface area contributed by atoms with Crippen LogP contribution in [0.1, 0.15) is 35.0 Å². The third kappa shape index (κ3) is 3.15. The molecule has 3 rings (SSSR count). The molecule has 23 heavy (non-hydrogen) atoms. The molecular weight excluding hydrogens is 294 g/mol. The highest BCUT2D eigenvalue weighted by Crippen LogP contribution is 2.23. The molecule has 0 spiro atoms. The van der Waals surface area contributed by atoms with Gasteiger partial charge in [-0.25, -0.2) is 4.79 Å². The van der Waals surface area contributed by atoms with Crippen molar-refractivity contribution in [2.24, 2.45) is 7.05 Å². The fourth-order valence-corrected chi connectivity index (χ4v) is 2.16. The van der Waals surface area contributed by atoms with Crippen LogP contribution >= 0.6 is 0 Å². The second kappa shape index (κ2) is 6.08. The summed E-state index contributed by atoms with van der Waals surface area (Å²) in [6.07, 6.45) is 1.16. The van der Waals surface area contributed by atoms with Crippen LogP contribution < -0.4 is 0 Å². The van der Waals surface area contributed by atoms with Gasteiger partial charge in [-0.2, -0.15) is 0 Å². The highest BCUT2D eigenvalue weighted by Gasteiger charge is 2.21.